The SMILES string of the molecule is CN(CCC1(C)CC(n2c(NC(=O)c3ccc(-c4cncnc4)s3)nc3ccccc32)C1)C(=O)OC(C)(C)C. The van der Waals surface area contributed by atoms with Crippen LogP contribution in [0.15, 0.2) is 55.1 Å². The number of fused-ring (bicyclic) bond motifs is 1. The molecule has 10 heteroatoms. The first kappa shape index (κ1) is 26.8. The minimum Gasteiger partial charge on any atom is -0.444 e. The average molecular weight is 547 g/mol. The number of anilines is 1. The predicted octanol–water partition coefficient (Wildman–Crippen LogP) is 6.41. The molecule has 0 saturated heterocycles. The van der Waals surface area contributed by atoms with Crippen LogP contribution in [0.1, 0.15) is 62.7 Å². The first-order valence-electron chi connectivity index (χ1n) is 13.1. The van der Waals surface area contributed by atoms with E-state index in [4.69, 9.17) is 9.72 Å². The minimum atomic E-state index is -0.513. The smallest absolute Gasteiger partial charge is 0.410 e. The van der Waals surface area contributed by atoms with Gasteiger partial charge in [0.15, 0.2) is 0 Å². The van der Waals surface area contributed by atoms with Crippen LogP contribution < -0.4 is 5.32 Å². The fourth-order valence-corrected chi connectivity index (χ4v) is 5.92. The van der Waals surface area contributed by atoms with Crippen LogP contribution in [0, 0.1) is 5.41 Å². The van der Waals surface area contributed by atoms with Crippen LogP contribution in [0.4, 0.5) is 10.7 Å². The quantitative estimate of drug-likeness (QED) is 0.288. The first-order valence-corrected chi connectivity index (χ1v) is 13.9. The van der Waals surface area contributed by atoms with Crippen LogP contribution in [-0.4, -0.2) is 55.6 Å². The van der Waals surface area contributed by atoms with Crippen molar-refractivity contribution < 1.29 is 14.3 Å². The zero-order valence-electron chi connectivity index (χ0n) is 23.0. The molecule has 5 rings (SSSR count). The molecule has 3 heterocycles. The van der Waals surface area contributed by atoms with Gasteiger partial charge in [0.2, 0.25) is 5.95 Å². The number of ether oxygens (including phenoxy) is 1. The number of amides is 2. The summed E-state index contributed by atoms with van der Waals surface area (Å²) in [5.41, 5.74) is 2.28. The summed E-state index contributed by atoms with van der Waals surface area (Å²) in [5.74, 6) is 0.359. The van der Waals surface area contributed by atoms with Crippen LogP contribution in [0.5, 0.6) is 0 Å². The van der Waals surface area contributed by atoms with E-state index >= 15 is 0 Å². The lowest BCUT2D eigenvalue weighted by atomic mass is 9.64. The summed E-state index contributed by atoms with van der Waals surface area (Å²) >= 11 is 1.40. The van der Waals surface area contributed by atoms with Crippen molar-refractivity contribution in [2.45, 2.75) is 58.6 Å². The van der Waals surface area contributed by atoms with Crippen molar-refractivity contribution in [1.29, 1.82) is 0 Å². The summed E-state index contributed by atoms with van der Waals surface area (Å²) < 4.78 is 7.65. The molecular weight excluding hydrogens is 512 g/mol. The molecule has 2 amide bonds. The molecule has 204 valence electrons. The molecule has 9 nitrogen and oxygen atoms in total. The third-order valence-corrected chi connectivity index (χ3v) is 8.21. The monoisotopic (exact) mass is 546 g/mol. The molecule has 1 aliphatic carbocycles. The molecule has 0 atom stereocenters. The fourth-order valence-electron chi connectivity index (χ4n) is 5.04. The van der Waals surface area contributed by atoms with E-state index in [2.05, 4.69) is 26.8 Å². The maximum Gasteiger partial charge on any atom is 0.410 e. The molecule has 4 aromatic rings. The second-order valence-electron chi connectivity index (χ2n) is 11.6. The van der Waals surface area contributed by atoms with Gasteiger partial charge in [-0.15, -0.1) is 11.3 Å². The highest BCUT2D eigenvalue weighted by molar-refractivity contribution is 7.17. The number of rotatable bonds is 7. The number of para-hydroxylation sites is 2. The molecule has 1 saturated carbocycles. The van der Waals surface area contributed by atoms with Gasteiger partial charge in [-0.2, -0.15) is 0 Å². The third-order valence-electron chi connectivity index (χ3n) is 7.07. The van der Waals surface area contributed by atoms with E-state index in [0.717, 1.165) is 40.7 Å². The van der Waals surface area contributed by atoms with Crippen molar-refractivity contribution in [3.63, 3.8) is 0 Å². The Bertz CT molecular complexity index is 1480. The lowest BCUT2D eigenvalue weighted by Crippen LogP contribution is -2.41. The van der Waals surface area contributed by atoms with Crippen molar-refractivity contribution in [2.24, 2.45) is 5.41 Å². The molecule has 0 radical (unpaired) electrons. The summed E-state index contributed by atoms with van der Waals surface area (Å²) in [5, 5.41) is 3.07. The normalized spacial score (nSPS) is 18.9. The number of nitrogens with zero attached hydrogens (tertiary/aromatic N) is 5. The maximum atomic E-state index is 13.2. The highest BCUT2D eigenvalue weighted by Gasteiger charge is 2.42. The van der Waals surface area contributed by atoms with Crippen LogP contribution in [-0.2, 0) is 4.74 Å². The molecule has 0 aliphatic heterocycles. The Morgan fingerprint density at radius 3 is 2.59 bits per heavy atom. The lowest BCUT2D eigenvalue weighted by molar-refractivity contribution is 0.0210. The highest BCUT2D eigenvalue weighted by Crippen LogP contribution is 2.52. The second-order valence-corrected chi connectivity index (χ2v) is 12.6. The largest absolute Gasteiger partial charge is 0.444 e. The van der Waals surface area contributed by atoms with Crippen molar-refractivity contribution in [3.8, 4) is 10.4 Å². The molecule has 1 aromatic carbocycles. The Labute approximate surface area is 232 Å². The molecule has 1 aliphatic rings. The topological polar surface area (TPSA) is 102 Å². The molecule has 0 unspecified atom stereocenters. The van der Waals surface area contributed by atoms with Gasteiger partial charge in [0.05, 0.1) is 15.9 Å². The van der Waals surface area contributed by atoms with Crippen LogP contribution in [0.25, 0.3) is 21.5 Å². The van der Waals surface area contributed by atoms with E-state index in [1.807, 2.05) is 57.2 Å². The standard InChI is InChI=1S/C29H34N6O3S/c1-28(2,3)38-27(37)34(5)13-12-29(4)14-20(15-29)35-22-9-7-6-8-21(22)32-26(35)33-25(36)24-11-10-23(39-24)19-16-30-18-31-17-19/h6-11,16-18,20H,12-15H2,1-5H3,(H,32,33,36). The lowest BCUT2D eigenvalue weighted by Gasteiger charge is -2.47. The zero-order chi connectivity index (χ0) is 27.8. The Kier molecular flexibility index (Phi) is 7.15. The number of imidazole rings is 1. The van der Waals surface area contributed by atoms with Crippen molar-refractivity contribution in [3.05, 3.63) is 60.0 Å². The summed E-state index contributed by atoms with van der Waals surface area (Å²) in [6, 6.07) is 11.9. The Morgan fingerprint density at radius 2 is 1.87 bits per heavy atom. The molecule has 0 spiro atoms. The van der Waals surface area contributed by atoms with Gasteiger partial charge in [-0.1, -0.05) is 19.1 Å². The third kappa shape index (κ3) is 5.95. The Morgan fingerprint density at radius 1 is 1.15 bits per heavy atom. The number of hydrogen-bond acceptors (Lipinski definition) is 7. The second kappa shape index (κ2) is 10.4. The summed E-state index contributed by atoms with van der Waals surface area (Å²) in [7, 11) is 1.78. The number of nitrogens with one attached hydrogen (secondary N) is 1. The Balaban J connectivity index is 1.28. The number of hydrogen-bond donors (Lipinski definition) is 1. The van der Waals surface area contributed by atoms with Gasteiger partial charge in [-0.3, -0.25) is 10.1 Å². The minimum absolute atomic E-state index is 0.0774. The van der Waals surface area contributed by atoms with E-state index in [1.165, 1.54) is 17.7 Å². The number of benzene rings is 1. The molecule has 39 heavy (non-hydrogen) atoms. The van der Waals surface area contributed by atoms with E-state index < -0.39 is 5.60 Å². The van der Waals surface area contributed by atoms with Crippen LogP contribution >= 0.6 is 11.3 Å². The average Bonchev–Trinajstić information content (AvgIpc) is 3.50. The summed E-state index contributed by atoms with van der Waals surface area (Å²) in [4.78, 5) is 41.7. The molecule has 3 aromatic heterocycles. The number of carbonyl (C=O) groups excluding carboxylic acids is 2. The van der Waals surface area contributed by atoms with E-state index in [-0.39, 0.29) is 23.5 Å². The Hall–Kier alpha value is -3.79. The van der Waals surface area contributed by atoms with Gasteiger partial charge in [0, 0.05) is 42.5 Å². The predicted molar refractivity (Wildman–Crippen MR) is 153 cm³/mol. The van der Waals surface area contributed by atoms with E-state index in [9.17, 15) is 9.59 Å². The van der Waals surface area contributed by atoms with Crippen molar-refractivity contribution >= 4 is 40.3 Å². The summed E-state index contributed by atoms with van der Waals surface area (Å²) in [6.07, 6.45) is 7.38. The van der Waals surface area contributed by atoms with Gasteiger partial charge in [0.1, 0.15) is 11.9 Å². The van der Waals surface area contributed by atoms with Gasteiger partial charge in [-0.25, -0.2) is 19.7 Å². The fraction of sp³-hybridized carbons (Fsp3) is 0.414. The van der Waals surface area contributed by atoms with E-state index in [0.29, 0.717) is 17.4 Å². The van der Waals surface area contributed by atoms with Crippen LogP contribution in [0.3, 0.4) is 0 Å². The number of carbonyl (C=O) groups is 2. The molecule has 1 N–H and O–H groups in total. The van der Waals surface area contributed by atoms with Gasteiger partial charge < -0.3 is 14.2 Å². The number of thiophene rings is 1. The van der Waals surface area contributed by atoms with Crippen molar-refractivity contribution in [2.75, 3.05) is 18.9 Å². The maximum absolute atomic E-state index is 13.2. The highest BCUT2D eigenvalue weighted by atomic mass is 32.1. The zero-order valence-corrected chi connectivity index (χ0v) is 23.8. The van der Waals surface area contributed by atoms with Gasteiger partial charge in [-0.05, 0) is 69.7 Å². The molecule has 0 bridgehead atoms. The first-order chi connectivity index (χ1) is 18.5. The van der Waals surface area contributed by atoms with E-state index in [1.54, 1.807) is 24.3 Å². The van der Waals surface area contributed by atoms with Crippen LogP contribution in [0.2, 0.25) is 0 Å². The number of aromatic nitrogens is 4. The summed E-state index contributed by atoms with van der Waals surface area (Å²) in [6.45, 7) is 8.50. The van der Waals surface area contributed by atoms with Gasteiger partial charge in [0.25, 0.3) is 5.91 Å². The molecular formula is C29H34N6O3S. The van der Waals surface area contributed by atoms with Crippen molar-refractivity contribution in [1.82, 2.24) is 24.4 Å². The molecule has 1 fully saturated rings. The van der Waals surface area contributed by atoms with Gasteiger partial charge >= 0.3 is 6.09 Å².